The average molecular weight is 271 g/mol. The maximum atomic E-state index is 6.18. The van der Waals surface area contributed by atoms with E-state index in [4.69, 9.17) is 22.1 Å². The number of rotatable bonds is 1. The lowest BCUT2D eigenvalue weighted by Gasteiger charge is -2.47. The first-order valence-corrected chi connectivity index (χ1v) is 6.29. The van der Waals surface area contributed by atoms with Gasteiger partial charge in [0.15, 0.2) is 5.82 Å². The first-order chi connectivity index (χ1) is 8.20. The summed E-state index contributed by atoms with van der Waals surface area (Å²) in [6, 6.07) is 0. The number of aromatic nitrogens is 2. The van der Waals surface area contributed by atoms with E-state index in [1.54, 1.807) is 0 Å². The quantitative estimate of drug-likeness (QED) is 0.847. The molecule has 2 N–H and O–H groups in total. The average Bonchev–Trinajstić information content (AvgIpc) is 2.17. The molecular weight excluding hydrogens is 252 g/mol. The van der Waals surface area contributed by atoms with Crippen LogP contribution < -0.4 is 10.6 Å². The fourth-order valence-electron chi connectivity index (χ4n) is 2.53. The van der Waals surface area contributed by atoms with Gasteiger partial charge in [-0.15, -0.1) is 0 Å². The van der Waals surface area contributed by atoms with Crippen molar-refractivity contribution in [3.8, 4) is 0 Å². The summed E-state index contributed by atoms with van der Waals surface area (Å²) in [5, 5.41) is 0.408. The van der Waals surface area contributed by atoms with E-state index in [2.05, 4.69) is 42.6 Å². The summed E-state index contributed by atoms with van der Waals surface area (Å²) < 4.78 is 6.02. The van der Waals surface area contributed by atoms with Gasteiger partial charge in [-0.3, -0.25) is 0 Å². The van der Waals surface area contributed by atoms with Crippen LogP contribution in [0.3, 0.4) is 0 Å². The molecule has 0 spiro atoms. The van der Waals surface area contributed by atoms with Crippen LogP contribution in [0.2, 0.25) is 5.02 Å². The molecule has 0 radical (unpaired) electrons. The monoisotopic (exact) mass is 270 g/mol. The Morgan fingerprint density at radius 1 is 1.22 bits per heavy atom. The number of ether oxygens (including phenoxy) is 1. The lowest BCUT2D eigenvalue weighted by atomic mass is 9.99. The molecule has 2 heterocycles. The molecule has 0 aliphatic carbocycles. The molecule has 18 heavy (non-hydrogen) atoms. The predicted octanol–water partition coefficient (Wildman–Crippen LogP) is 2.11. The molecule has 5 nitrogen and oxygen atoms in total. The molecule has 0 bridgehead atoms. The minimum atomic E-state index is -0.259. The van der Waals surface area contributed by atoms with Crippen molar-refractivity contribution in [2.45, 2.75) is 38.9 Å². The van der Waals surface area contributed by atoms with E-state index in [1.807, 2.05) is 0 Å². The van der Waals surface area contributed by atoms with E-state index in [0.29, 0.717) is 29.7 Å². The highest BCUT2D eigenvalue weighted by Gasteiger charge is 2.39. The Bertz CT molecular complexity index is 445. The molecule has 1 aromatic rings. The lowest BCUT2D eigenvalue weighted by Crippen LogP contribution is -2.57. The molecule has 0 saturated carbocycles. The van der Waals surface area contributed by atoms with Crippen LogP contribution in [-0.2, 0) is 4.74 Å². The Morgan fingerprint density at radius 2 is 1.78 bits per heavy atom. The predicted molar refractivity (Wildman–Crippen MR) is 72.9 cm³/mol. The van der Waals surface area contributed by atoms with E-state index < -0.39 is 0 Å². The zero-order valence-corrected chi connectivity index (χ0v) is 12.0. The van der Waals surface area contributed by atoms with Gasteiger partial charge in [0.05, 0.1) is 11.2 Å². The van der Waals surface area contributed by atoms with Crippen LogP contribution in [0.5, 0.6) is 0 Å². The third-order valence-electron chi connectivity index (χ3n) is 2.79. The van der Waals surface area contributed by atoms with Gasteiger partial charge >= 0.3 is 0 Å². The zero-order valence-electron chi connectivity index (χ0n) is 11.2. The third-order valence-corrected chi connectivity index (χ3v) is 3.16. The maximum absolute atomic E-state index is 6.18. The van der Waals surface area contributed by atoms with E-state index in [-0.39, 0.29) is 11.2 Å². The molecule has 1 fully saturated rings. The van der Waals surface area contributed by atoms with Crippen molar-refractivity contribution in [1.29, 1.82) is 0 Å². The standard InChI is InChI=1S/C12H19ClN4O/c1-11(2)5-17(6-12(3,4)18-11)10-8(13)9(14)15-7-16-10/h7H,5-6H2,1-4H3,(H2,14,15,16). The number of nitrogens with zero attached hydrogens (tertiary/aromatic N) is 3. The van der Waals surface area contributed by atoms with Crippen molar-refractivity contribution < 1.29 is 4.74 Å². The Balaban J connectivity index is 2.36. The molecule has 100 valence electrons. The molecule has 1 saturated heterocycles. The summed E-state index contributed by atoms with van der Waals surface area (Å²) in [7, 11) is 0. The number of nitrogens with two attached hydrogens (primary N) is 1. The van der Waals surface area contributed by atoms with Crippen molar-refractivity contribution >= 4 is 23.2 Å². The molecular formula is C12H19ClN4O. The van der Waals surface area contributed by atoms with Crippen LogP contribution in [0.25, 0.3) is 0 Å². The van der Waals surface area contributed by atoms with Crippen molar-refractivity contribution in [2.75, 3.05) is 23.7 Å². The molecule has 1 aliphatic heterocycles. The smallest absolute Gasteiger partial charge is 0.153 e. The van der Waals surface area contributed by atoms with Gasteiger partial charge in [-0.25, -0.2) is 9.97 Å². The van der Waals surface area contributed by atoms with Crippen LogP contribution in [0.1, 0.15) is 27.7 Å². The van der Waals surface area contributed by atoms with Gasteiger partial charge in [0, 0.05) is 13.1 Å². The van der Waals surface area contributed by atoms with Gasteiger partial charge < -0.3 is 15.4 Å². The van der Waals surface area contributed by atoms with Crippen LogP contribution in [0.4, 0.5) is 11.6 Å². The van der Waals surface area contributed by atoms with Crippen LogP contribution in [0, 0.1) is 0 Å². The van der Waals surface area contributed by atoms with Crippen molar-refractivity contribution in [3.63, 3.8) is 0 Å². The number of hydrogen-bond acceptors (Lipinski definition) is 5. The minimum Gasteiger partial charge on any atom is -0.382 e. The number of morpholine rings is 1. The summed E-state index contributed by atoms with van der Waals surface area (Å²) in [5.74, 6) is 0.984. The van der Waals surface area contributed by atoms with Gasteiger partial charge in [-0.1, -0.05) is 11.6 Å². The van der Waals surface area contributed by atoms with Gasteiger partial charge in [0.2, 0.25) is 0 Å². The normalized spacial score (nSPS) is 21.9. The molecule has 2 rings (SSSR count). The van der Waals surface area contributed by atoms with Crippen molar-refractivity contribution in [3.05, 3.63) is 11.3 Å². The molecule has 0 atom stereocenters. The Kier molecular flexibility index (Phi) is 3.15. The topological polar surface area (TPSA) is 64.3 Å². The lowest BCUT2D eigenvalue weighted by molar-refractivity contribution is -0.133. The van der Waals surface area contributed by atoms with Gasteiger partial charge in [-0.2, -0.15) is 0 Å². The van der Waals surface area contributed by atoms with E-state index in [9.17, 15) is 0 Å². The molecule has 1 aromatic heterocycles. The highest BCUT2D eigenvalue weighted by atomic mass is 35.5. The summed E-state index contributed by atoms with van der Waals surface area (Å²) in [4.78, 5) is 10.2. The highest BCUT2D eigenvalue weighted by Crippen LogP contribution is 2.34. The fourth-order valence-corrected chi connectivity index (χ4v) is 2.75. The Hall–Kier alpha value is -1.07. The van der Waals surface area contributed by atoms with Crippen LogP contribution >= 0.6 is 11.6 Å². The molecule has 6 heteroatoms. The van der Waals surface area contributed by atoms with E-state index in [1.165, 1.54) is 6.33 Å². The number of anilines is 2. The molecule has 1 aliphatic rings. The summed E-state index contributed by atoms with van der Waals surface area (Å²) >= 11 is 6.18. The molecule has 0 amide bonds. The van der Waals surface area contributed by atoms with E-state index in [0.717, 1.165) is 0 Å². The second-order valence-electron chi connectivity index (χ2n) is 5.87. The van der Waals surface area contributed by atoms with Crippen molar-refractivity contribution in [1.82, 2.24) is 9.97 Å². The SMILES string of the molecule is CC1(C)CN(c2ncnc(N)c2Cl)CC(C)(C)O1. The van der Waals surface area contributed by atoms with Crippen LogP contribution in [-0.4, -0.2) is 34.3 Å². The van der Waals surface area contributed by atoms with Crippen molar-refractivity contribution in [2.24, 2.45) is 0 Å². The second kappa shape index (κ2) is 4.24. The third kappa shape index (κ3) is 2.67. The molecule has 0 aromatic carbocycles. The highest BCUT2D eigenvalue weighted by molar-refractivity contribution is 6.35. The summed E-state index contributed by atoms with van der Waals surface area (Å²) in [5.41, 5.74) is 5.20. The zero-order chi connectivity index (χ0) is 13.6. The second-order valence-corrected chi connectivity index (χ2v) is 6.25. The fraction of sp³-hybridized carbons (Fsp3) is 0.667. The van der Waals surface area contributed by atoms with Gasteiger partial charge in [0.25, 0.3) is 0 Å². The first kappa shape index (κ1) is 13.4. The summed E-state index contributed by atoms with van der Waals surface area (Å²) in [6.45, 7) is 9.65. The van der Waals surface area contributed by atoms with E-state index >= 15 is 0 Å². The molecule has 0 unspecified atom stereocenters. The van der Waals surface area contributed by atoms with Gasteiger partial charge in [0.1, 0.15) is 17.2 Å². The minimum absolute atomic E-state index is 0.259. The Labute approximate surface area is 112 Å². The number of nitrogen functional groups attached to an aromatic ring is 1. The largest absolute Gasteiger partial charge is 0.382 e. The van der Waals surface area contributed by atoms with Gasteiger partial charge in [-0.05, 0) is 27.7 Å². The Morgan fingerprint density at radius 3 is 2.33 bits per heavy atom. The number of hydrogen-bond donors (Lipinski definition) is 1. The maximum Gasteiger partial charge on any atom is 0.153 e. The van der Waals surface area contributed by atoms with Crippen LogP contribution in [0.15, 0.2) is 6.33 Å². The number of halogens is 1. The summed E-state index contributed by atoms with van der Waals surface area (Å²) in [6.07, 6.45) is 1.44. The first-order valence-electron chi connectivity index (χ1n) is 5.91.